The van der Waals surface area contributed by atoms with Crippen molar-refractivity contribution in [3.8, 4) is 5.75 Å². The van der Waals surface area contributed by atoms with E-state index in [0.29, 0.717) is 0 Å². The summed E-state index contributed by atoms with van der Waals surface area (Å²) in [6.45, 7) is 0. The highest BCUT2D eigenvalue weighted by Crippen LogP contribution is 2.32. The van der Waals surface area contributed by atoms with Gasteiger partial charge in [-0.2, -0.15) is 8.42 Å². The molecule has 0 spiro atoms. The van der Waals surface area contributed by atoms with Gasteiger partial charge in [0.15, 0.2) is 0 Å². The standard InChI is InChI=1S/C7H8ClNO4S/c1-13-6-3-4(14(10,11)12)2-5(8)7(6)9/h2-3H,9H2,1H3,(H,10,11,12). The minimum Gasteiger partial charge on any atom is -0.494 e. The first-order valence-corrected chi connectivity index (χ1v) is 5.28. The van der Waals surface area contributed by atoms with Crippen molar-refractivity contribution in [1.29, 1.82) is 0 Å². The molecule has 0 aliphatic carbocycles. The van der Waals surface area contributed by atoms with Crippen LogP contribution in [0.25, 0.3) is 0 Å². The lowest BCUT2D eigenvalue weighted by Gasteiger charge is -2.07. The van der Waals surface area contributed by atoms with Crippen LogP contribution in [-0.4, -0.2) is 20.1 Å². The first-order chi connectivity index (χ1) is 6.36. The Kier molecular flexibility index (Phi) is 2.89. The molecule has 0 atom stereocenters. The molecule has 0 aliphatic rings. The Morgan fingerprint density at radius 3 is 2.50 bits per heavy atom. The zero-order valence-corrected chi connectivity index (χ0v) is 8.76. The van der Waals surface area contributed by atoms with Crippen molar-refractivity contribution < 1.29 is 17.7 Å². The summed E-state index contributed by atoms with van der Waals surface area (Å²) in [5.41, 5.74) is 5.60. The van der Waals surface area contributed by atoms with Crippen LogP contribution >= 0.6 is 11.6 Å². The Labute approximate surface area is 86.2 Å². The van der Waals surface area contributed by atoms with Crippen molar-refractivity contribution in [2.75, 3.05) is 12.8 Å². The Morgan fingerprint density at radius 2 is 2.07 bits per heavy atom. The van der Waals surface area contributed by atoms with Gasteiger partial charge in [-0.05, 0) is 6.07 Å². The predicted octanol–water partition coefficient (Wildman–Crippen LogP) is 1.18. The first-order valence-electron chi connectivity index (χ1n) is 3.46. The number of nitrogens with two attached hydrogens (primary N) is 1. The molecule has 0 bridgehead atoms. The monoisotopic (exact) mass is 237 g/mol. The molecule has 1 aromatic rings. The number of methoxy groups -OCH3 is 1. The number of halogens is 1. The predicted molar refractivity (Wildman–Crippen MR) is 52.2 cm³/mol. The third-order valence-corrected chi connectivity index (χ3v) is 2.73. The summed E-state index contributed by atoms with van der Waals surface area (Å²) in [6.07, 6.45) is 0. The van der Waals surface area contributed by atoms with E-state index in [1.165, 1.54) is 7.11 Å². The largest absolute Gasteiger partial charge is 0.494 e. The normalized spacial score (nSPS) is 11.4. The summed E-state index contributed by atoms with van der Waals surface area (Å²) in [4.78, 5) is -0.353. The van der Waals surface area contributed by atoms with E-state index in [4.69, 9.17) is 26.6 Å². The molecule has 0 amide bonds. The maximum atomic E-state index is 10.8. The van der Waals surface area contributed by atoms with Crippen molar-refractivity contribution >= 4 is 27.4 Å². The Hall–Kier alpha value is -0.980. The molecule has 0 heterocycles. The van der Waals surface area contributed by atoms with Crippen LogP contribution in [0.5, 0.6) is 5.75 Å². The zero-order chi connectivity index (χ0) is 10.9. The van der Waals surface area contributed by atoms with Gasteiger partial charge < -0.3 is 10.5 Å². The molecule has 0 aliphatic heterocycles. The smallest absolute Gasteiger partial charge is 0.294 e. The summed E-state index contributed by atoms with van der Waals surface area (Å²) in [7, 11) is -2.98. The third kappa shape index (κ3) is 2.09. The second-order valence-corrected chi connectivity index (χ2v) is 4.32. The van der Waals surface area contributed by atoms with Gasteiger partial charge in [-0.15, -0.1) is 0 Å². The Bertz CT molecular complexity index is 457. The molecule has 7 heteroatoms. The third-order valence-electron chi connectivity index (χ3n) is 1.58. The molecule has 0 unspecified atom stereocenters. The number of hydrogen-bond acceptors (Lipinski definition) is 4. The molecule has 1 aromatic carbocycles. The van der Waals surface area contributed by atoms with Gasteiger partial charge in [0.25, 0.3) is 10.1 Å². The zero-order valence-electron chi connectivity index (χ0n) is 7.19. The first kappa shape index (κ1) is 11.1. The number of ether oxygens (including phenoxy) is 1. The molecular formula is C7H8ClNO4S. The second kappa shape index (κ2) is 3.64. The number of rotatable bonds is 2. The molecule has 3 N–H and O–H groups in total. The summed E-state index contributed by atoms with van der Waals surface area (Å²) in [6, 6.07) is 2.14. The molecule has 14 heavy (non-hydrogen) atoms. The van der Waals surface area contributed by atoms with Crippen LogP contribution in [0, 0.1) is 0 Å². The lowest BCUT2D eigenvalue weighted by Crippen LogP contribution is -2.01. The molecule has 0 fully saturated rings. The quantitative estimate of drug-likeness (QED) is 0.595. The molecule has 5 nitrogen and oxygen atoms in total. The van der Waals surface area contributed by atoms with Crippen molar-refractivity contribution in [1.82, 2.24) is 0 Å². The number of anilines is 1. The molecular weight excluding hydrogens is 230 g/mol. The fourth-order valence-corrected chi connectivity index (χ4v) is 1.68. The minimum absolute atomic E-state index is 0.0111. The van der Waals surface area contributed by atoms with E-state index < -0.39 is 10.1 Å². The molecule has 78 valence electrons. The Morgan fingerprint density at radius 1 is 1.50 bits per heavy atom. The van der Waals surface area contributed by atoms with E-state index in [1.807, 2.05) is 0 Å². The average Bonchev–Trinajstić information content (AvgIpc) is 2.07. The van der Waals surface area contributed by atoms with Crippen LogP contribution in [0.1, 0.15) is 0 Å². The van der Waals surface area contributed by atoms with Gasteiger partial charge in [0.2, 0.25) is 0 Å². The van der Waals surface area contributed by atoms with Crippen molar-refractivity contribution in [3.63, 3.8) is 0 Å². The van der Waals surface area contributed by atoms with Gasteiger partial charge in [0.1, 0.15) is 5.75 Å². The van der Waals surface area contributed by atoms with E-state index in [2.05, 4.69) is 0 Å². The van der Waals surface area contributed by atoms with E-state index >= 15 is 0 Å². The molecule has 0 saturated carbocycles. The van der Waals surface area contributed by atoms with Crippen molar-refractivity contribution in [3.05, 3.63) is 17.2 Å². The lowest BCUT2D eigenvalue weighted by molar-refractivity contribution is 0.415. The molecule has 0 aromatic heterocycles. The van der Waals surface area contributed by atoms with Gasteiger partial charge in [-0.3, -0.25) is 4.55 Å². The second-order valence-electron chi connectivity index (χ2n) is 2.50. The van der Waals surface area contributed by atoms with Crippen LogP contribution in [0.15, 0.2) is 17.0 Å². The van der Waals surface area contributed by atoms with Crippen molar-refractivity contribution in [2.24, 2.45) is 0 Å². The molecule has 0 saturated heterocycles. The van der Waals surface area contributed by atoms with Gasteiger partial charge in [-0.1, -0.05) is 11.6 Å². The Balaban J connectivity index is 3.46. The van der Waals surface area contributed by atoms with E-state index in [1.54, 1.807) is 0 Å². The summed E-state index contributed by atoms with van der Waals surface area (Å²) in [5.74, 6) is 0.102. The molecule has 0 radical (unpaired) electrons. The fourth-order valence-electron chi connectivity index (χ4n) is 0.887. The maximum absolute atomic E-state index is 10.8. The van der Waals surface area contributed by atoms with E-state index in [9.17, 15) is 8.42 Å². The topological polar surface area (TPSA) is 89.6 Å². The molecule has 1 rings (SSSR count). The van der Waals surface area contributed by atoms with Crippen LogP contribution in [-0.2, 0) is 10.1 Å². The average molecular weight is 238 g/mol. The van der Waals surface area contributed by atoms with E-state index in [-0.39, 0.29) is 21.4 Å². The summed E-state index contributed by atoms with van der Waals surface area (Å²) >= 11 is 5.62. The number of benzene rings is 1. The van der Waals surface area contributed by atoms with Crippen LogP contribution in [0.4, 0.5) is 5.69 Å². The summed E-state index contributed by atoms with van der Waals surface area (Å²) < 4.78 is 35.0. The van der Waals surface area contributed by atoms with Gasteiger partial charge >= 0.3 is 0 Å². The number of nitrogen functional groups attached to an aromatic ring is 1. The van der Waals surface area contributed by atoms with E-state index in [0.717, 1.165) is 12.1 Å². The highest BCUT2D eigenvalue weighted by Gasteiger charge is 2.15. The highest BCUT2D eigenvalue weighted by atomic mass is 35.5. The van der Waals surface area contributed by atoms with Gasteiger partial charge in [0.05, 0.1) is 22.7 Å². The minimum atomic E-state index is -4.29. The van der Waals surface area contributed by atoms with Crippen LogP contribution in [0.2, 0.25) is 5.02 Å². The highest BCUT2D eigenvalue weighted by molar-refractivity contribution is 7.85. The van der Waals surface area contributed by atoms with Crippen LogP contribution < -0.4 is 10.5 Å². The van der Waals surface area contributed by atoms with Gasteiger partial charge in [0, 0.05) is 6.07 Å². The number of hydrogen-bond donors (Lipinski definition) is 2. The summed E-state index contributed by atoms with van der Waals surface area (Å²) in [5, 5.41) is 0.0111. The van der Waals surface area contributed by atoms with Gasteiger partial charge in [-0.25, -0.2) is 0 Å². The van der Waals surface area contributed by atoms with Crippen molar-refractivity contribution in [2.45, 2.75) is 4.90 Å². The fraction of sp³-hybridized carbons (Fsp3) is 0.143. The van der Waals surface area contributed by atoms with Crippen LogP contribution in [0.3, 0.4) is 0 Å². The maximum Gasteiger partial charge on any atom is 0.294 e. The lowest BCUT2D eigenvalue weighted by atomic mass is 10.3. The SMILES string of the molecule is COc1cc(S(=O)(=O)O)cc(Cl)c1N.